The van der Waals surface area contributed by atoms with Crippen LogP contribution in [0.2, 0.25) is 0 Å². The van der Waals surface area contributed by atoms with Crippen molar-refractivity contribution < 1.29 is 17.2 Å². The van der Waals surface area contributed by atoms with Gasteiger partial charge in [0.2, 0.25) is 10.0 Å². The van der Waals surface area contributed by atoms with Crippen molar-refractivity contribution in [3.05, 3.63) is 35.4 Å². The first-order chi connectivity index (χ1) is 9.88. The van der Waals surface area contributed by atoms with Gasteiger partial charge in [-0.15, -0.1) is 0 Å². The van der Waals surface area contributed by atoms with E-state index in [1.54, 1.807) is 11.0 Å². The summed E-state index contributed by atoms with van der Waals surface area (Å²) in [6.45, 7) is 2.87. The Morgan fingerprint density at radius 3 is 2.33 bits per heavy atom. The molecule has 1 aromatic carbocycles. The number of nitrogens with zero attached hydrogens (tertiary/aromatic N) is 2. The number of hydrogen-bond donors (Lipinski definition) is 0. The molecule has 2 rings (SSSR count). The summed E-state index contributed by atoms with van der Waals surface area (Å²) in [4.78, 5) is 1.60. The second kappa shape index (κ2) is 6.81. The molecule has 0 aromatic heterocycles. The molecule has 118 valence electrons. The molecular formula is C14H20F2N2O2S. The van der Waals surface area contributed by atoms with Crippen LogP contribution >= 0.6 is 0 Å². The van der Waals surface area contributed by atoms with Gasteiger partial charge in [0.05, 0.1) is 12.3 Å². The minimum atomic E-state index is -3.39. The van der Waals surface area contributed by atoms with Crippen LogP contribution in [0.3, 0.4) is 0 Å². The number of aryl methyl sites for hydroxylation is 1. The Morgan fingerprint density at radius 2 is 1.76 bits per heavy atom. The van der Waals surface area contributed by atoms with Crippen molar-refractivity contribution in [3.63, 3.8) is 0 Å². The first kappa shape index (κ1) is 16.3. The van der Waals surface area contributed by atoms with E-state index in [0.29, 0.717) is 13.1 Å². The van der Waals surface area contributed by atoms with Crippen LogP contribution in [0.25, 0.3) is 0 Å². The van der Waals surface area contributed by atoms with Gasteiger partial charge in [-0.3, -0.25) is 4.90 Å². The topological polar surface area (TPSA) is 40.6 Å². The Balaban J connectivity index is 1.97. The molecule has 0 amide bonds. The zero-order chi connectivity index (χ0) is 15.5. The largest absolute Gasteiger partial charge is 0.295 e. The lowest BCUT2D eigenvalue weighted by Crippen LogP contribution is -2.49. The Hall–Kier alpha value is -1.05. The standard InChI is InChI=1S/C14H20F2N2O2S/c1-12-4-2-3-5-13(12)11-21(19,20)18-8-6-17(7-9-18)10-14(15)16/h2-5,14H,6-11H2,1H3. The van der Waals surface area contributed by atoms with Gasteiger partial charge in [-0.25, -0.2) is 17.2 Å². The first-order valence-corrected chi connectivity index (χ1v) is 8.52. The molecule has 0 N–H and O–H groups in total. The van der Waals surface area contributed by atoms with E-state index >= 15 is 0 Å². The lowest BCUT2D eigenvalue weighted by molar-refractivity contribution is 0.0716. The second-order valence-corrected chi connectivity index (χ2v) is 7.24. The summed E-state index contributed by atoms with van der Waals surface area (Å²) in [5.41, 5.74) is 1.73. The van der Waals surface area contributed by atoms with Crippen LogP contribution in [0, 0.1) is 6.92 Å². The highest BCUT2D eigenvalue weighted by Crippen LogP contribution is 2.16. The predicted octanol–water partition coefficient (Wildman–Crippen LogP) is 1.71. The number of rotatable bonds is 5. The zero-order valence-corrected chi connectivity index (χ0v) is 12.8. The van der Waals surface area contributed by atoms with Crippen LogP contribution in [0.4, 0.5) is 8.78 Å². The number of benzene rings is 1. The number of hydrogen-bond acceptors (Lipinski definition) is 3. The highest BCUT2D eigenvalue weighted by atomic mass is 32.2. The average molecular weight is 318 g/mol. The summed E-state index contributed by atoms with van der Waals surface area (Å²) >= 11 is 0. The van der Waals surface area contributed by atoms with Crippen LogP contribution in [-0.2, 0) is 15.8 Å². The monoisotopic (exact) mass is 318 g/mol. The van der Waals surface area contributed by atoms with Gasteiger partial charge in [-0.1, -0.05) is 24.3 Å². The van der Waals surface area contributed by atoms with Crippen LogP contribution in [0.15, 0.2) is 24.3 Å². The molecule has 1 aliphatic rings. The van der Waals surface area contributed by atoms with Gasteiger partial charge in [-0.05, 0) is 18.1 Å². The van der Waals surface area contributed by atoms with Gasteiger partial charge in [0.1, 0.15) is 0 Å². The summed E-state index contributed by atoms with van der Waals surface area (Å²) in [5, 5.41) is 0. The first-order valence-electron chi connectivity index (χ1n) is 6.91. The number of sulfonamides is 1. The van der Waals surface area contributed by atoms with Crippen molar-refractivity contribution in [2.45, 2.75) is 19.1 Å². The Morgan fingerprint density at radius 1 is 1.14 bits per heavy atom. The normalized spacial score (nSPS) is 18.3. The van der Waals surface area contributed by atoms with E-state index in [4.69, 9.17) is 0 Å². The van der Waals surface area contributed by atoms with Gasteiger partial charge in [0.15, 0.2) is 0 Å². The number of piperazine rings is 1. The summed E-state index contributed by atoms with van der Waals surface area (Å²) in [7, 11) is -3.39. The van der Waals surface area contributed by atoms with Crippen molar-refractivity contribution in [1.82, 2.24) is 9.21 Å². The smallest absolute Gasteiger partial charge is 0.251 e. The molecule has 1 aliphatic heterocycles. The summed E-state index contributed by atoms with van der Waals surface area (Å²) in [5.74, 6) is -0.0332. The van der Waals surface area contributed by atoms with E-state index in [2.05, 4.69) is 0 Å². The highest BCUT2D eigenvalue weighted by Gasteiger charge is 2.28. The lowest BCUT2D eigenvalue weighted by Gasteiger charge is -2.33. The molecule has 0 aliphatic carbocycles. The molecule has 0 bridgehead atoms. The molecule has 1 fully saturated rings. The summed E-state index contributed by atoms with van der Waals surface area (Å²) in [6.07, 6.45) is -2.37. The fourth-order valence-corrected chi connectivity index (χ4v) is 4.06. The van der Waals surface area contributed by atoms with Crippen molar-refractivity contribution in [3.8, 4) is 0 Å². The molecule has 1 aromatic rings. The third-order valence-corrected chi connectivity index (χ3v) is 5.55. The Kier molecular flexibility index (Phi) is 5.29. The van der Waals surface area contributed by atoms with E-state index in [1.807, 2.05) is 25.1 Å². The van der Waals surface area contributed by atoms with Crippen molar-refractivity contribution in [2.24, 2.45) is 0 Å². The minimum Gasteiger partial charge on any atom is -0.295 e. The maximum Gasteiger partial charge on any atom is 0.251 e. The van der Waals surface area contributed by atoms with Crippen molar-refractivity contribution >= 4 is 10.0 Å². The molecule has 21 heavy (non-hydrogen) atoms. The molecule has 0 radical (unpaired) electrons. The third-order valence-electron chi connectivity index (χ3n) is 3.72. The van der Waals surface area contributed by atoms with E-state index < -0.39 is 16.4 Å². The molecule has 0 spiro atoms. The van der Waals surface area contributed by atoms with Gasteiger partial charge >= 0.3 is 0 Å². The Bertz CT molecular complexity index is 570. The van der Waals surface area contributed by atoms with E-state index in [9.17, 15) is 17.2 Å². The molecule has 1 heterocycles. The molecule has 7 heteroatoms. The third kappa shape index (κ3) is 4.46. The average Bonchev–Trinajstić information content (AvgIpc) is 2.41. The van der Waals surface area contributed by atoms with Crippen LogP contribution in [0.5, 0.6) is 0 Å². The van der Waals surface area contributed by atoms with Crippen LogP contribution in [0.1, 0.15) is 11.1 Å². The highest BCUT2D eigenvalue weighted by molar-refractivity contribution is 7.88. The minimum absolute atomic E-state index is 0.0332. The van der Waals surface area contributed by atoms with E-state index in [0.717, 1.165) is 11.1 Å². The maximum atomic E-state index is 12.4. The fourth-order valence-electron chi connectivity index (χ4n) is 2.45. The molecule has 0 atom stereocenters. The number of alkyl halides is 2. The second-order valence-electron chi connectivity index (χ2n) is 5.27. The van der Waals surface area contributed by atoms with Crippen molar-refractivity contribution in [2.75, 3.05) is 32.7 Å². The Labute approximate surface area is 124 Å². The van der Waals surface area contributed by atoms with E-state index in [-0.39, 0.29) is 25.4 Å². The van der Waals surface area contributed by atoms with Crippen molar-refractivity contribution in [1.29, 1.82) is 0 Å². The molecule has 0 unspecified atom stereocenters. The zero-order valence-electron chi connectivity index (χ0n) is 12.0. The summed E-state index contributed by atoms with van der Waals surface area (Å²) < 4.78 is 50.8. The fraction of sp³-hybridized carbons (Fsp3) is 0.571. The van der Waals surface area contributed by atoms with Crippen LogP contribution < -0.4 is 0 Å². The molecule has 4 nitrogen and oxygen atoms in total. The predicted molar refractivity (Wildman–Crippen MR) is 77.8 cm³/mol. The molecule has 1 saturated heterocycles. The SMILES string of the molecule is Cc1ccccc1CS(=O)(=O)N1CCN(CC(F)F)CC1. The number of halogens is 2. The van der Waals surface area contributed by atoms with Crippen LogP contribution in [-0.4, -0.2) is 56.8 Å². The van der Waals surface area contributed by atoms with Gasteiger partial charge in [0.25, 0.3) is 6.43 Å². The molecular weight excluding hydrogens is 298 g/mol. The summed E-state index contributed by atoms with van der Waals surface area (Å²) in [6, 6.07) is 7.37. The van der Waals surface area contributed by atoms with Gasteiger partial charge in [-0.2, -0.15) is 4.31 Å². The van der Waals surface area contributed by atoms with Gasteiger partial charge < -0.3 is 0 Å². The van der Waals surface area contributed by atoms with E-state index in [1.165, 1.54) is 4.31 Å². The quantitative estimate of drug-likeness (QED) is 0.830. The maximum absolute atomic E-state index is 12.4. The lowest BCUT2D eigenvalue weighted by atomic mass is 10.1. The molecule has 0 saturated carbocycles. The van der Waals surface area contributed by atoms with Gasteiger partial charge in [0, 0.05) is 26.2 Å².